The molecule has 0 saturated carbocycles. The van der Waals surface area contributed by atoms with Crippen molar-refractivity contribution in [3.63, 3.8) is 0 Å². The molecule has 2 atom stereocenters. The first-order valence-corrected chi connectivity index (χ1v) is 7.23. The lowest BCUT2D eigenvalue weighted by Crippen LogP contribution is -2.50. The van der Waals surface area contributed by atoms with Gasteiger partial charge in [-0.25, -0.2) is 0 Å². The van der Waals surface area contributed by atoms with E-state index in [1.807, 2.05) is 6.92 Å². The first-order chi connectivity index (χ1) is 8.61. The third-order valence-corrected chi connectivity index (χ3v) is 3.85. The fraction of sp³-hybridized carbons (Fsp3) is 0.929. The molecule has 1 amide bonds. The Labute approximate surface area is 111 Å². The summed E-state index contributed by atoms with van der Waals surface area (Å²) in [6.45, 7) is 5.79. The molecule has 18 heavy (non-hydrogen) atoms. The first-order valence-electron chi connectivity index (χ1n) is 7.23. The Morgan fingerprint density at radius 3 is 2.61 bits per heavy atom. The second kappa shape index (κ2) is 7.74. The number of hydrogen-bond donors (Lipinski definition) is 2. The molecule has 4 heteroatoms. The van der Waals surface area contributed by atoms with Crippen molar-refractivity contribution in [1.82, 2.24) is 5.32 Å². The number of carbonyl (C=O) groups is 1. The zero-order chi connectivity index (χ0) is 13.4. The van der Waals surface area contributed by atoms with Crippen LogP contribution in [0.2, 0.25) is 0 Å². The maximum absolute atomic E-state index is 12.0. The van der Waals surface area contributed by atoms with E-state index in [0.29, 0.717) is 13.2 Å². The summed E-state index contributed by atoms with van der Waals surface area (Å²) in [5.74, 6) is 0.0426. The van der Waals surface area contributed by atoms with E-state index in [0.717, 1.165) is 13.0 Å². The molecule has 0 aromatic rings. The van der Waals surface area contributed by atoms with Gasteiger partial charge in [-0.05, 0) is 13.3 Å². The van der Waals surface area contributed by atoms with Gasteiger partial charge in [0, 0.05) is 12.6 Å². The molecule has 0 aromatic heterocycles. The van der Waals surface area contributed by atoms with Crippen LogP contribution in [-0.2, 0) is 9.53 Å². The Hall–Kier alpha value is -0.610. The quantitative estimate of drug-likeness (QED) is 0.651. The fourth-order valence-corrected chi connectivity index (χ4v) is 2.23. The number of ether oxygens (including phenoxy) is 1. The molecule has 0 aromatic carbocycles. The van der Waals surface area contributed by atoms with Crippen LogP contribution >= 0.6 is 0 Å². The van der Waals surface area contributed by atoms with Crippen molar-refractivity contribution in [1.29, 1.82) is 0 Å². The molecule has 1 fully saturated rings. The average Bonchev–Trinajstić information content (AvgIpc) is 2.69. The predicted octanol–water partition coefficient (Wildman–Crippen LogP) is 1.83. The van der Waals surface area contributed by atoms with Crippen molar-refractivity contribution < 1.29 is 9.53 Å². The van der Waals surface area contributed by atoms with Gasteiger partial charge in [-0.1, -0.05) is 39.0 Å². The van der Waals surface area contributed by atoms with Gasteiger partial charge in [-0.15, -0.1) is 0 Å². The van der Waals surface area contributed by atoms with Gasteiger partial charge >= 0.3 is 0 Å². The summed E-state index contributed by atoms with van der Waals surface area (Å²) < 4.78 is 5.28. The zero-order valence-corrected chi connectivity index (χ0v) is 11.8. The molecule has 106 valence electrons. The average molecular weight is 256 g/mol. The Balaban J connectivity index is 2.10. The van der Waals surface area contributed by atoms with E-state index in [1.54, 1.807) is 0 Å². The van der Waals surface area contributed by atoms with E-state index in [9.17, 15) is 4.79 Å². The minimum absolute atomic E-state index is 0.0426. The van der Waals surface area contributed by atoms with E-state index in [-0.39, 0.29) is 11.9 Å². The summed E-state index contributed by atoms with van der Waals surface area (Å²) >= 11 is 0. The van der Waals surface area contributed by atoms with Crippen LogP contribution < -0.4 is 11.1 Å². The highest BCUT2D eigenvalue weighted by molar-refractivity contribution is 5.83. The smallest absolute Gasteiger partial charge is 0.229 e. The predicted molar refractivity (Wildman–Crippen MR) is 73.3 cm³/mol. The number of carbonyl (C=O) groups excluding carboxylic acids is 1. The number of hydrogen-bond acceptors (Lipinski definition) is 3. The minimum atomic E-state index is -0.539. The van der Waals surface area contributed by atoms with Gasteiger partial charge < -0.3 is 15.8 Å². The molecule has 0 radical (unpaired) electrons. The van der Waals surface area contributed by atoms with E-state index in [4.69, 9.17) is 10.5 Å². The maximum Gasteiger partial charge on any atom is 0.229 e. The summed E-state index contributed by atoms with van der Waals surface area (Å²) in [6.07, 6.45) is 7.41. The van der Waals surface area contributed by atoms with Crippen LogP contribution in [0.1, 0.15) is 52.4 Å². The molecule has 1 aliphatic heterocycles. The van der Waals surface area contributed by atoms with E-state index in [1.165, 1.54) is 32.1 Å². The van der Waals surface area contributed by atoms with Gasteiger partial charge in [0.1, 0.15) is 0 Å². The third kappa shape index (κ3) is 4.25. The van der Waals surface area contributed by atoms with E-state index < -0.39 is 5.41 Å². The van der Waals surface area contributed by atoms with Crippen LogP contribution in [0.3, 0.4) is 0 Å². The number of nitrogens with one attached hydrogen (secondary N) is 1. The highest BCUT2D eigenvalue weighted by Crippen LogP contribution is 2.26. The number of unbranched alkanes of at least 4 members (excludes halogenated alkanes) is 5. The molecule has 1 saturated heterocycles. The van der Waals surface area contributed by atoms with E-state index in [2.05, 4.69) is 12.2 Å². The molecule has 3 N–H and O–H groups in total. The van der Waals surface area contributed by atoms with Gasteiger partial charge in [-0.2, -0.15) is 0 Å². The number of amides is 1. The number of rotatable bonds is 8. The van der Waals surface area contributed by atoms with Gasteiger partial charge in [0.05, 0.1) is 18.6 Å². The molecule has 1 rings (SSSR count). The molecular weight excluding hydrogens is 228 g/mol. The SMILES string of the molecule is CCCCCCCCNC(=O)C1(C)COCC1N. The molecule has 0 bridgehead atoms. The topological polar surface area (TPSA) is 64.3 Å². The second-order valence-corrected chi connectivity index (χ2v) is 5.56. The van der Waals surface area contributed by atoms with Gasteiger partial charge in [0.25, 0.3) is 0 Å². The van der Waals surface area contributed by atoms with Gasteiger partial charge in [0.15, 0.2) is 0 Å². The standard InChI is InChI=1S/C14H28N2O2/c1-3-4-5-6-7-8-9-16-13(17)14(2)11-18-10-12(14)15/h12H,3-11,15H2,1-2H3,(H,16,17). The summed E-state index contributed by atoms with van der Waals surface area (Å²) in [5, 5.41) is 2.99. The molecule has 0 spiro atoms. The lowest BCUT2D eigenvalue weighted by Gasteiger charge is -2.25. The molecule has 0 aliphatic carbocycles. The highest BCUT2D eigenvalue weighted by Gasteiger charge is 2.43. The Kier molecular flexibility index (Phi) is 6.65. The van der Waals surface area contributed by atoms with Gasteiger partial charge in [-0.3, -0.25) is 4.79 Å². The van der Waals surface area contributed by atoms with Crippen LogP contribution in [-0.4, -0.2) is 31.7 Å². The van der Waals surface area contributed by atoms with Crippen LogP contribution in [0, 0.1) is 5.41 Å². The third-order valence-electron chi connectivity index (χ3n) is 3.85. The molecule has 1 heterocycles. The van der Waals surface area contributed by atoms with Crippen LogP contribution in [0.4, 0.5) is 0 Å². The van der Waals surface area contributed by atoms with Crippen molar-refractivity contribution in [2.75, 3.05) is 19.8 Å². The monoisotopic (exact) mass is 256 g/mol. The van der Waals surface area contributed by atoms with Gasteiger partial charge in [0.2, 0.25) is 5.91 Å². The van der Waals surface area contributed by atoms with Crippen molar-refractivity contribution in [3.8, 4) is 0 Å². The van der Waals surface area contributed by atoms with Crippen molar-refractivity contribution in [2.45, 2.75) is 58.4 Å². The minimum Gasteiger partial charge on any atom is -0.379 e. The Bertz CT molecular complexity index is 258. The number of nitrogens with two attached hydrogens (primary N) is 1. The molecule has 4 nitrogen and oxygen atoms in total. The lowest BCUT2D eigenvalue weighted by molar-refractivity contribution is -0.130. The van der Waals surface area contributed by atoms with Crippen molar-refractivity contribution in [3.05, 3.63) is 0 Å². The molecular formula is C14H28N2O2. The van der Waals surface area contributed by atoms with Crippen LogP contribution in [0.5, 0.6) is 0 Å². The zero-order valence-electron chi connectivity index (χ0n) is 11.8. The normalized spacial score (nSPS) is 27.4. The van der Waals surface area contributed by atoms with Crippen LogP contribution in [0.25, 0.3) is 0 Å². The fourth-order valence-electron chi connectivity index (χ4n) is 2.23. The Morgan fingerprint density at radius 2 is 2.00 bits per heavy atom. The van der Waals surface area contributed by atoms with E-state index >= 15 is 0 Å². The first kappa shape index (κ1) is 15.4. The molecule has 1 aliphatic rings. The maximum atomic E-state index is 12.0. The summed E-state index contributed by atoms with van der Waals surface area (Å²) in [7, 11) is 0. The van der Waals surface area contributed by atoms with Crippen molar-refractivity contribution in [2.24, 2.45) is 11.1 Å². The summed E-state index contributed by atoms with van der Waals surface area (Å²) in [5.41, 5.74) is 5.37. The second-order valence-electron chi connectivity index (χ2n) is 5.56. The Morgan fingerprint density at radius 1 is 1.33 bits per heavy atom. The molecule has 2 unspecified atom stereocenters. The largest absolute Gasteiger partial charge is 0.379 e. The summed E-state index contributed by atoms with van der Waals surface area (Å²) in [6, 6.07) is -0.179. The lowest BCUT2D eigenvalue weighted by atomic mass is 9.85. The van der Waals surface area contributed by atoms with Crippen molar-refractivity contribution >= 4 is 5.91 Å². The highest BCUT2D eigenvalue weighted by atomic mass is 16.5. The van der Waals surface area contributed by atoms with Crippen LogP contribution in [0.15, 0.2) is 0 Å². The summed E-state index contributed by atoms with van der Waals surface area (Å²) in [4.78, 5) is 12.0.